The molecule has 0 bridgehead atoms. The molecule has 3 atom stereocenters. The molecule has 2 unspecified atom stereocenters. The lowest BCUT2D eigenvalue weighted by Crippen LogP contribution is -2.49. The molecule has 5 rings (SSSR count). The summed E-state index contributed by atoms with van der Waals surface area (Å²) < 4.78 is 5.42. The monoisotopic (exact) mass is 519 g/mol. The number of benzene rings is 2. The molecule has 0 radical (unpaired) electrons. The van der Waals surface area contributed by atoms with Gasteiger partial charge in [0, 0.05) is 34.9 Å². The third-order valence-corrected chi connectivity index (χ3v) is 7.46. The Bertz CT molecular complexity index is 1430. The second-order valence-electron chi connectivity index (χ2n) is 9.27. The summed E-state index contributed by atoms with van der Waals surface area (Å²) in [6.45, 7) is 0.823. The third kappa shape index (κ3) is 4.60. The number of aromatic nitrogens is 1. The molecular weight excluding hydrogens is 494 g/mol. The Morgan fingerprint density at radius 2 is 2.11 bits per heavy atom. The van der Waals surface area contributed by atoms with E-state index < -0.39 is 18.0 Å². The molecule has 190 valence electrons. The number of nitrogens with one attached hydrogen (secondary N) is 3. The van der Waals surface area contributed by atoms with Crippen LogP contribution >= 0.6 is 11.6 Å². The van der Waals surface area contributed by atoms with E-state index in [1.165, 1.54) is 4.90 Å². The minimum Gasteiger partial charge on any atom is -0.496 e. The maximum atomic E-state index is 13.8. The first-order chi connectivity index (χ1) is 17.9. The highest BCUT2D eigenvalue weighted by molar-refractivity contribution is 6.31. The summed E-state index contributed by atoms with van der Waals surface area (Å²) in [4.78, 5) is 44.1. The van der Waals surface area contributed by atoms with Crippen molar-refractivity contribution in [2.75, 3.05) is 20.2 Å². The molecule has 3 amide bonds. The van der Waals surface area contributed by atoms with Crippen molar-refractivity contribution in [1.29, 1.82) is 5.26 Å². The van der Waals surface area contributed by atoms with Crippen LogP contribution in [-0.4, -0.2) is 53.8 Å². The number of methoxy groups -OCH3 is 1. The predicted molar refractivity (Wildman–Crippen MR) is 137 cm³/mol. The first-order valence-electron chi connectivity index (χ1n) is 12.1. The fourth-order valence-corrected chi connectivity index (χ4v) is 5.53. The Hall–Kier alpha value is -4.03. The number of carbonyl (C=O) groups excluding carboxylic acids is 3. The summed E-state index contributed by atoms with van der Waals surface area (Å²) in [6, 6.07) is 12.7. The van der Waals surface area contributed by atoms with E-state index in [9.17, 15) is 19.6 Å². The van der Waals surface area contributed by atoms with Crippen molar-refractivity contribution < 1.29 is 19.1 Å². The molecule has 37 heavy (non-hydrogen) atoms. The van der Waals surface area contributed by atoms with Crippen molar-refractivity contribution in [2.45, 2.75) is 31.3 Å². The van der Waals surface area contributed by atoms with E-state index in [1.54, 1.807) is 31.4 Å². The van der Waals surface area contributed by atoms with Gasteiger partial charge in [-0.2, -0.15) is 5.26 Å². The average molecular weight is 520 g/mol. The van der Waals surface area contributed by atoms with Crippen molar-refractivity contribution in [3.8, 4) is 11.8 Å². The molecule has 10 heteroatoms. The lowest BCUT2D eigenvalue weighted by molar-refractivity contribution is -0.127. The van der Waals surface area contributed by atoms with E-state index in [-0.39, 0.29) is 30.7 Å². The van der Waals surface area contributed by atoms with Gasteiger partial charge >= 0.3 is 0 Å². The van der Waals surface area contributed by atoms with Gasteiger partial charge in [-0.15, -0.1) is 0 Å². The van der Waals surface area contributed by atoms with Gasteiger partial charge in [0.15, 0.2) is 0 Å². The second kappa shape index (κ2) is 10.1. The topological polar surface area (TPSA) is 127 Å². The first kappa shape index (κ1) is 24.7. The normalized spacial score (nSPS) is 19.6. The Balaban J connectivity index is 1.47. The fraction of sp³-hybridized carbons (Fsp3) is 0.333. The molecule has 2 aliphatic rings. The van der Waals surface area contributed by atoms with Crippen molar-refractivity contribution in [2.24, 2.45) is 5.92 Å². The summed E-state index contributed by atoms with van der Waals surface area (Å²) in [5, 5.41) is 16.5. The van der Waals surface area contributed by atoms with Crippen LogP contribution in [-0.2, 0) is 16.0 Å². The number of hydrogen-bond acceptors (Lipinski definition) is 5. The third-order valence-electron chi connectivity index (χ3n) is 7.10. The van der Waals surface area contributed by atoms with Crippen LogP contribution in [0, 0.1) is 17.2 Å². The lowest BCUT2D eigenvalue weighted by Gasteiger charge is -2.37. The van der Waals surface area contributed by atoms with E-state index in [2.05, 4.69) is 21.7 Å². The van der Waals surface area contributed by atoms with Crippen LogP contribution in [0.5, 0.6) is 5.75 Å². The second-order valence-corrected chi connectivity index (χ2v) is 9.67. The summed E-state index contributed by atoms with van der Waals surface area (Å²) in [6.07, 6.45) is 1.31. The van der Waals surface area contributed by atoms with Gasteiger partial charge in [0.05, 0.1) is 13.2 Å². The first-order valence-corrected chi connectivity index (χ1v) is 12.5. The standard InChI is InChI=1S/C27H26ClN5O4/c1-37-23-7-3-6-21-19(23)13-22(32-21)27(36)33-11-9-17-18(4-2-5-20(17)28)24(33)26(35)31-16(14-29)12-15-8-10-30-25(15)34/h2-7,13,15-16,24,32H,8-12H2,1H3,(H,30,34)(H,31,35)/t15?,16?,24-/m0/s1. The highest BCUT2D eigenvalue weighted by Crippen LogP contribution is 2.36. The molecule has 3 N–H and O–H groups in total. The van der Waals surface area contributed by atoms with E-state index in [0.29, 0.717) is 41.4 Å². The summed E-state index contributed by atoms with van der Waals surface area (Å²) in [7, 11) is 1.57. The molecule has 0 saturated carbocycles. The Morgan fingerprint density at radius 3 is 2.84 bits per heavy atom. The van der Waals surface area contributed by atoms with Crippen molar-refractivity contribution in [3.63, 3.8) is 0 Å². The minimum atomic E-state index is -0.989. The van der Waals surface area contributed by atoms with Crippen molar-refractivity contribution >= 4 is 40.2 Å². The zero-order valence-corrected chi connectivity index (χ0v) is 21.0. The number of hydrogen-bond donors (Lipinski definition) is 3. The van der Waals surface area contributed by atoms with Crippen LogP contribution in [0.4, 0.5) is 0 Å². The van der Waals surface area contributed by atoms with E-state index >= 15 is 0 Å². The highest BCUT2D eigenvalue weighted by Gasteiger charge is 2.39. The summed E-state index contributed by atoms with van der Waals surface area (Å²) in [5.74, 6) is -0.666. The van der Waals surface area contributed by atoms with Gasteiger partial charge < -0.3 is 25.3 Å². The molecule has 1 saturated heterocycles. The molecule has 9 nitrogen and oxygen atoms in total. The quantitative estimate of drug-likeness (QED) is 0.461. The molecule has 1 fully saturated rings. The molecule has 0 aliphatic carbocycles. The van der Waals surface area contributed by atoms with E-state index in [0.717, 1.165) is 16.5 Å². The molecule has 3 heterocycles. The van der Waals surface area contributed by atoms with Gasteiger partial charge in [0.1, 0.15) is 23.5 Å². The fourth-order valence-electron chi connectivity index (χ4n) is 5.25. The number of aromatic amines is 1. The zero-order valence-electron chi connectivity index (χ0n) is 20.2. The summed E-state index contributed by atoms with van der Waals surface area (Å²) in [5.41, 5.74) is 2.48. The number of nitrogens with zero attached hydrogens (tertiary/aromatic N) is 2. The van der Waals surface area contributed by atoms with Gasteiger partial charge in [-0.05, 0) is 54.7 Å². The molecular formula is C27H26ClN5O4. The number of ether oxygens (including phenoxy) is 1. The number of rotatable bonds is 6. The van der Waals surface area contributed by atoms with Crippen LogP contribution in [0.15, 0.2) is 42.5 Å². The molecule has 3 aromatic rings. The number of H-pyrrole nitrogens is 1. The van der Waals surface area contributed by atoms with Crippen LogP contribution in [0.1, 0.15) is 40.5 Å². The SMILES string of the molecule is COc1cccc2[nH]c(C(=O)N3CCc4c(Cl)cccc4[C@H]3C(=O)NC(C#N)CC3CCNC3=O)cc12. The smallest absolute Gasteiger partial charge is 0.271 e. The number of amides is 3. The van der Waals surface area contributed by atoms with E-state index in [4.69, 9.17) is 16.3 Å². The van der Waals surface area contributed by atoms with Gasteiger partial charge in [0.2, 0.25) is 11.8 Å². The minimum absolute atomic E-state index is 0.115. The molecule has 2 aliphatic heterocycles. The van der Waals surface area contributed by atoms with Crippen molar-refractivity contribution in [1.82, 2.24) is 20.5 Å². The maximum absolute atomic E-state index is 13.8. The Kier molecular flexibility index (Phi) is 6.76. The highest BCUT2D eigenvalue weighted by atomic mass is 35.5. The van der Waals surface area contributed by atoms with Crippen LogP contribution in [0.2, 0.25) is 5.02 Å². The number of fused-ring (bicyclic) bond motifs is 2. The number of nitriles is 1. The number of halogens is 1. The predicted octanol–water partition coefficient (Wildman–Crippen LogP) is 3.10. The van der Waals surface area contributed by atoms with Crippen LogP contribution in [0.25, 0.3) is 10.9 Å². The van der Waals surface area contributed by atoms with Gasteiger partial charge in [-0.3, -0.25) is 14.4 Å². The molecule has 2 aromatic carbocycles. The van der Waals surface area contributed by atoms with Crippen LogP contribution in [0.3, 0.4) is 0 Å². The number of carbonyl (C=O) groups is 3. The lowest BCUT2D eigenvalue weighted by atomic mass is 9.91. The van der Waals surface area contributed by atoms with Gasteiger partial charge in [-0.1, -0.05) is 29.8 Å². The summed E-state index contributed by atoms with van der Waals surface area (Å²) >= 11 is 6.45. The largest absolute Gasteiger partial charge is 0.496 e. The Morgan fingerprint density at radius 1 is 1.30 bits per heavy atom. The van der Waals surface area contributed by atoms with Crippen molar-refractivity contribution in [3.05, 3.63) is 64.3 Å². The molecule has 1 aromatic heterocycles. The zero-order chi connectivity index (χ0) is 26.1. The van der Waals surface area contributed by atoms with Crippen LogP contribution < -0.4 is 15.4 Å². The van der Waals surface area contributed by atoms with E-state index in [1.807, 2.05) is 18.2 Å². The van der Waals surface area contributed by atoms with Gasteiger partial charge in [-0.25, -0.2) is 0 Å². The molecule has 0 spiro atoms. The average Bonchev–Trinajstić information content (AvgIpc) is 3.53. The maximum Gasteiger partial charge on any atom is 0.271 e. The Labute approximate surface area is 218 Å². The van der Waals surface area contributed by atoms with Gasteiger partial charge in [0.25, 0.3) is 5.91 Å².